The van der Waals surface area contributed by atoms with Crippen molar-refractivity contribution in [1.82, 2.24) is 19.7 Å². The molecule has 0 aliphatic carbocycles. The minimum atomic E-state index is -0.706. The molecule has 0 aromatic carbocycles. The van der Waals surface area contributed by atoms with Gasteiger partial charge < -0.3 is 9.64 Å². The first kappa shape index (κ1) is 20.6. The van der Waals surface area contributed by atoms with E-state index in [0.29, 0.717) is 32.0 Å². The number of imide groups is 1. The molecule has 3 aliphatic rings. The molecule has 1 atom stereocenters. The van der Waals surface area contributed by atoms with Crippen molar-refractivity contribution in [3.8, 4) is 0 Å². The number of methoxy groups -OCH3 is 1. The van der Waals surface area contributed by atoms with Crippen LogP contribution in [0.5, 0.6) is 0 Å². The summed E-state index contributed by atoms with van der Waals surface area (Å²) in [6.07, 6.45) is 5.09. The molecular weight excluding hydrogens is 388 g/mol. The van der Waals surface area contributed by atoms with Gasteiger partial charge in [-0.15, -0.1) is 0 Å². The Labute approximate surface area is 176 Å². The summed E-state index contributed by atoms with van der Waals surface area (Å²) in [6.45, 7) is 3.13. The van der Waals surface area contributed by atoms with Crippen molar-refractivity contribution in [1.29, 1.82) is 0 Å². The van der Waals surface area contributed by atoms with Crippen LogP contribution in [0.3, 0.4) is 0 Å². The molecular formula is C21H30N4O3S. The van der Waals surface area contributed by atoms with Gasteiger partial charge in [0.25, 0.3) is 5.91 Å². The number of thioether (sulfide) groups is 1. The van der Waals surface area contributed by atoms with Gasteiger partial charge in [0.1, 0.15) is 5.54 Å². The van der Waals surface area contributed by atoms with Gasteiger partial charge in [-0.3, -0.25) is 19.6 Å². The predicted molar refractivity (Wildman–Crippen MR) is 113 cm³/mol. The van der Waals surface area contributed by atoms with Crippen LogP contribution >= 0.6 is 11.8 Å². The Morgan fingerprint density at radius 2 is 2.10 bits per heavy atom. The predicted octanol–water partition coefficient (Wildman–Crippen LogP) is 2.22. The zero-order chi connectivity index (χ0) is 20.3. The molecule has 8 heteroatoms. The Kier molecular flexibility index (Phi) is 6.41. The van der Waals surface area contributed by atoms with E-state index in [9.17, 15) is 9.59 Å². The number of carbonyl (C=O) groups excluding carboxylic acids is 2. The number of urea groups is 1. The minimum absolute atomic E-state index is 0.0500. The molecule has 1 spiro atoms. The molecule has 158 valence electrons. The van der Waals surface area contributed by atoms with Gasteiger partial charge in [-0.25, -0.2) is 4.79 Å². The lowest BCUT2D eigenvalue weighted by molar-refractivity contribution is -0.136. The number of nitrogens with zero attached hydrogens (tertiary/aromatic N) is 4. The van der Waals surface area contributed by atoms with Crippen LogP contribution in [0.25, 0.3) is 0 Å². The van der Waals surface area contributed by atoms with Crippen LogP contribution in [-0.2, 0) is 16.1 Å². The molecule has 0 unspecified atom stereocenters. The number of piperidine rings is 1. The fraction of sp³-hybridized carbons (Fsp3) is 0.667. The van der Waals surface area contributed by atoms with Crippen molar-refractivity contribution in [3.05, 3.63) is 30.1 Å². The Hall–Kier alpha value is -1.64. The smallest absolute Gasteiger partial charge is 0.328 e. The number of likely N-dealkylation sites (tertiary alicyclic amines) is 1. The number of carbonyl (C=O) groups is 2. The Balaban J connectivity index is 1.52. The maximum atomic E-state index is 13.5. The van der Waals surface area contributed by atoms with E-state index in [2.05, 4.69) is 9.88 Å². The van der Waals surface area contributed by atoms with Gasteiger partial charge in [0, 0.05) is 51.3 Å². The molecule has 3 saturated heterocycles. The average Bonchev–Trinajstić information content (AvgIpc) is 3.35. The summed E-state index contributed by atoms with van der Waals surface area (Å²) >= 11 is 2.01. The number of rotatable bonds is 7. The van der Waals surface area contributed by atoms with Crippen molar-refractivity contribution in [2.75, 3.05) is 44.9 Å². The lowest BCUT2D eigenvalue weighted by Gasteiger charge is -2.44. The summed E-state index contributed by atoms with van der Waals surface area (Å²) in [5.41, 5.74) is 0.0329. The second-order valence-corrected chi connectivity index (χ2v) is 9.23. The zero-order valence-electron chi connectivity index (χ0n) is 17.1. The number of pyridine rings is 1. The Bertz CT molecular complexity index is 718. The summed E-state index contributed by atoms with van der Waals surface area (Å²) < 4.78 is 5.19. The molecule has 3 aliphatic heterocycles. The van der Waals surface area contributed by atoms with Crippen LogP contribution in [0.4, 0.5) is 4.79 Å². The van der Waals surface area contributed by atoms with Crippen molar-refractivity contribution in [3.63, 3.8) is 0 Å². The van der Waals surface area contributed by atoms with E-state index in [1.807, 2.05) is 34.9 Å². The standard InChI is InChI=1S/C21H30N4O3S/c1-28-13-4-10-25-20(27)24(15-17-5-2-3-9-22-17)19(26)21(25)7-11-23(12-8-21)18-6-14-29-16-18/h2-3,5,9,18H,4,6-8,10-16H2,1H3/t18-/m0/s1. The lowest BCUT2D eigenvalue weighted by atomic mass is 9.85. The lowest BCUT2D eigenvalue weighted by Crippen LogP contribution is -2.58. The highest BCUT2D eigenvalue weighted by atomic mass is 32.2. The number of aromatic nitrogens is 1. The number of hydrogen-bond acceptors (Lipinski definition) is 6. The van der Waals surface area contributed by atoms with Crippen LogP contribution < -0.4 is 0 Å². The highest BCUT2D eigenvalue weighted by Gasteiger charge is 2.57. The molecule has 0 N–H and O–H groups in total. The van der Waals surface area contributed by atoms with E-state index < -0.39 is 5.54 Å². The fourth-order valence-electron chi connectivity index (χ4n) is 4.80. The van der Waals surface area contributed by atoms with Gasteiger partial charge in [-0.2, -0.15) is 11.8 Å². The summed E-state index contributed by atoms with van der Waals surface area (Å²) in [4.78, 5) is 36.9. The second kappa shape index (κ2) is 9.02. The first-order valence-electron chi connectivity index (χ1n) is 10.5. The second-order valence-electron chi connectivity index (χ2n) is 8.08. The minimum Gasteiger partial charge on any atom is -0.385 e. The maximum absolute atomic E-state index is 13.5. The van der Waals surface area contributed by atoms with Crippen LogP contribution in [0.15, 0.2) is 24.4 Å². The van der Waals surface area contributed by atoms with E-state index in [-0.39, 0.29) is 18.5 Å². The highest BCUT2D eigenvalue weighted by Crippen LogP contribution is 2.39. The molecule has 3 fully saturated rings. The molecule has 7 nitrogen and oxygen atoms in total. The highest BCUT2D eigenvalue weighted by molar-refractivity contribution is 7.99. The quantitative estimate of drug-likeness (QED) is 0.500. The van der Waals surface area contributed by atoms with E-state index in [1.165, 1.54) is 22.8 Å². The van der Waals surface area contributed by atoms with Crippen LogP contribution in [-0.4, -0.2) is 88.1 Å². The molecule has 3 amide bonds. The topological polar surface area (TPSA) is 66.0 Å². The summed E-state index contributed by atoms with van der Waals surface area (Å²) in [7, 11) is 1.66. The van der Waals surface area contributed by atoms with E-state index in [1.54, 1.807) is 13.3 Å². The summed E-state index contributed by atoms with van der Waals surface area (Å²) in [6, 6.07) is 6.03. The SMILES string of the molecule is COCCCN1C(=O)N(Cc2ccccn2)C(=O)C12CCN([C@H]1CCSC1)CC2. The molecule has 4 heterocycles. The largest absolute Gasteiger partial charge is 0.385 e. The van der Waals surface area contributed by atoms with Gasteiger partial charge in [-0.1, -0.05) is 6.07 Å². The maximum Gasteiger partial charge on any atom is 0.328 e. The summed E-state index contributed by atoms with van der Waals surface area (Å²) in [5, 5.41) is 0. The van der Waals surface area contributed by atoms with Gasteiger partial charge in [0.05, 0.1) is 12.2 Å². The monoisotopic (exact) mass is 418 g/mol. The Morgan fingerprint density at radius 1 is 1.28 bits per heavy atom. The molecule has 0 bridgehead atoms. The van der Waals surface area contributed by atoms with Crippen LogP contribution in [0.2, 0.25) is 0 Å². The van der Waals surface area contributed by atoms with E-state index >= 15 is 0 Å². The number of hydrogen-bond donors (Lipinski definition) is 0. The average molecular weight is 419 g/mol. The molecule has 1 aromatic rings. The van der Waals surface area contributed by atoms with Gasteiger partial charge >= 0.3 is 6.03 Å². The van der Waals surface area contributed by atoms with Crippen molar-refractivity contribution >= 4 is 23.7 Å². The van der Waals surface area contributed by atoms with Gasteiger partial charge in [0.2, 0.25) is 0 Å². The van der Waals surface area contributed by atoms with Crippen molar-refractivity contribution < 1.29 is 14.3 Å². The third-order valence-electron chi connectivity index (χ3n) is 6.45. The molecule has 29 heavy (non-hydrogen) atoms. The fourth-order valence-corrected chi connectivity index (χ4v) is 6.06. The molecule has 4 rings (SSSR count). The number of ether oxygens (including phenoxy) is 1. The zero-order valence-corrected chi connectivity index (χ0v) is 17.9. The summed E-state index contributed by atoms with van der Waals surface area (Å²) in [5.74, 6) is 2.36. The van der Waals surface area contributed by atoms with Crippen LogP contribution in [0, 0.1) is 0 Å². The first-order chi connectivity index (χ1) is 14.2. The molecule has 0 radical (unpaired) electrons. The molecule has 0 saturated carbocycles. The third kappa shape index (κ3) is 4.02. The Morgan fingerprint density at radius 3 is 2.76 bits per heavy atom. The van der Waals surface area contributed by atoms with E-state index in [0.717, 1.165) is 25.2 Å². The van der Waals surface area contributed by atoms with Gasteiger partial charge in [0.15, 0.2) is 0 Å². The number of amides is 3. The third-order valence-corrected chi connectivity index (χ3v) is 7.59. The molecule has 1 aromatic heterocycles. The first-order valence-corrected chi connectivity index (χ1v) is 11.7. The van der Waals surface area contributed by atoms with Crippen molar-refractivity contribution in [2.45, 2.75) is 43.8 Å². The van der Waals surface area contributed by atoms with E-state index in [4.69, 9.17) is 4.74 Å². The van der Waals surface area contributed by atoms with Crippen molar-refractivity contribution in [2.24, 2.45) is 0 Å². The normalized spacial score (nSPS) is 24.8. The van der Waals surface area contributed by atoms with Gasteiger partial charge in [-0.05, 0) is 43.6 Å². The van der Waals surface area contributed by atoms with Crippen LogP contribution in [0.1, 0.15) is 31.4 Å².